The Morgan fingerprint density at radius 2 is 2.50 bits per heavy atom. The summed E-state index contributed by atoms with van der Waals surface area (Å²) in [6.07, 6.45) is 3.31. The summed E-state index contributed by atoms with van der Waals surface area (Å²) in [4.78, 5) is 2.17. The van der Waals surface area contributed by atoms with Gasteiger partial charge in [0.05, 0.1) is 6.54 Å². The van der Waals surface area contributed by atoms with Crippen LogP contribution in [-0.2, 0) is 6.54 Å². The minimum Gasteiger partial charge on any atom is -0.365 e. The molecule has 1 saturated heterocycles. The summed E-state index contributed by atoms with van der Waals surface area (Å²) in [6, 6.07) is 2.68. The third-order valence-corrected chi connectivity index (χ3v) is 3.86. The molecule has 1 N–H and O–H groups in total. The van der Waals surface area contributed by atoms with Crippen molar-refractivity contribution in [3.05, 3.63) is 12.3 Å². The second kappa shape index (κ2) is 5.59. The standard InChI is InChI=1S/C11H20N4S/c1-14(2)6-7-15-5-3-11(13-15)12-10-4-8-16-9-10/h3,5,10H,4,6-9H2,1-2H3,(H,12,13). The second-order valence-electron chi connectivity index (χ2n) is 4.47. The lowest BCUT2D eigenvalue weighted by Crippen LogP contribution is -2.20. The van der Waals surface area contributed by atoms with Crippen molar-refractivity contribution in [2.75, 3.05) is 37.5 Å². The van der Waals surface area contributed by atoms with Crippen molar-refractivity contribution in [2.45, 2.75) is 19.0 Å². The quantitative estimate of drug-likeness (QED) is 0.842. The van der Waals surface area contributed by atoms with Crippen molar-refractivity contribution in [3.63, 3.8) is 0 Å². The summed E-state index contributed by atoms with van der Waals surface area (Å²) in [5.74, 6) is 3.51. The smallest absolute Gasteiger partial charge is 0.148 e. The molecule has 1 aliphatic heterocycles. The van der Waals surface area contributed by atoms with Gasteiger partial charge in [0.2, 0.25) is 0 Å². The van der Waals surface area contributed by atoms with Crippen LogP contribution in [-0.4, -0.2) is 52.9 Å². The molecule has 0 saturated carbocycles. The molecule has 1 fully saturated rings. The van der Waals surface area contributed by atoms with E-state index in [1.165, 1.54) is 17.9 Å². The molecule has 0 amide bonds. The highest BCUT2D eigenvalue weighted by molar-refractivity contribution is 7.99. The number of hydrogen-bond acceptors (Lipinski definition) is 4. The normalized spacial score (nSPS) is 20.6. The first-order valence-corrected chi connectivity index (χ1v) is 6.92. The molecule has 1 unspecified atom stereocenters. The van der Waals surface area contributed by atoms with Gasteiger partial charge in [-0.25, -0.2) is 0 Å². The van der Waals surface area contributed by atoms with Crippen LogP contribution in [0.1, 0.15) is 6.42 Å². The van der Waals surface area contributed by atoms with Crippen molar-refractivity contribution in [1.82, 2.24) is 14.7 Å². The van der Waals surface area contributed by atoms with E-state index in [4.69, 9.17) is 0 Å². The summed E-state index contributed by atoms with van der Waals surface area (Å²) < 4.78 is 2.00. The van der Waals surface area contributed by atoms with Gasteiger partial charge in [0.1, 0.15) is 5.82 Å². The number of rotatable bonds is 5. The number of anilines is 1. The number of hydrogen-bond donors (Lipinski definition) is 1. The summed E-state index contributed by atoms with van der Waals surface area (Å²) in [5, 5.41) is 8.00. The first-order valence-electron chi connectivity index (χ1n) is 5.76. The zero-order valence-electron chi connectivity index (χ0n) is 10.0. The van der Waals surface area contributed by atoms with Gasteiger partial charge in [0, 0.05) is 30.6 Å². The molecule has 90 valence electrons. The molecule has 5 heteroatoms. The van der Waals surface area contributed by atoms with Gasteiger partial charge in [-0.05, 0) is 26.3 Å². The maximum Gasteiger partial charge on any atom is 0.148 e. The summed E-state index contributed by atoms with van der Waals surface area (Å²) >= 11 is 2.02. The van der Waals surface area contributed by atoms with Gasteiger partial charge < -0.3 is 10.2 Å². The number of nitrogens with one attached hydrogen (secondary N) is 1. The molecule has 0 spiro atoms. The zero-order chi connectivity index (χ0) is 11.4. The van der Waals surface area contributed by atoms with E-state index in [2.05, 4.69) is 35.5 Å². The maximum absolute atomic E-state index is 4.52. The predicted octanol–water partition coefficient (Wildman–Crippen LogP) is 1.36. The van der Waals surface area contributed by atoms with Crippen LogP contribution < -0.4 is 5.32 Å². The van der Waals surface area contributed by atoms with Gasteiger partial charge in [0.25, 0.3) is 0 Å². The molecule has 1 aliphatic rings. The van der Waals surface area contributed by atoms with Gasteiger partial charge in [-0.2, -0.15) is 16.9 Å². The molecule has 1 atom stereocenters. The molecule has 16 heavy (non-hydrogen) atoms. The third-order valence-electron chi connectivity index (χ3n) is 2.70. The van der Waals surface area contributed by atoms with Crippen molar-refractivity contribution >= 4 is 17.6 Å². The van der Waals surface area contributed by atoms with Crippen LogP contribution in [0, 0.1) is 0 Å². The van der Waals surface area contributed by atoms with Crippen LogP contribution in [0.2, 0.25) is 0 Å². The van der Waals surface area contributed by atoms with E-state index in [1.807, 2.05) is 22.6 Å². The van der Waals surface area contributed by atoms with Crippen molar-refractivity contribution < 1.29 is 0 Å². The third kappa shape index (κ3) is 3.42. The Bertz CT molecular complexity index is 318. The molecular formula is C11H20N4S. The topological polar surface area (TPSA) is 33.1 Å². The second-order valence-corrected chi connectivity index (χ2v) is 5.62. The van der Waals surface area contributed by atoms with Gasteiger partial charge in [-0.3, -0.25) is 4.68 Å². The van der Waals surface area contributed by atoms with Gasteiger partial charge in [-0.15, -0.1) is 0 Å². The highest BCUT2D eigenvalue weighted by Gasteiger charge is 2.15. The van der Waals surface area contributed by atoms with E-state index in [0.717, 1.165) is 18.9 Å². The van der Waals surface area contributed by atoms with Crippen LogP contribution in [0.15, 0.2) is 12.3 Å². The molecule has 1 aromatic heterocycles. The largest absolute Gasteiger partial charge is 0.365 e. The highest BCUT2D eigenvalue weighted by atomic mass is 32.2. The summed E-state index contributed by atoms with van der Waals surface area (Å²) in [7, 11) is 4.16. The predicted molar refractivity (Wildman–Crippen MR) is 70.1 cm³/mol. The molecule has 2 rings (SSSR count). The molecule has 4 nitrogen and oxygen atoms in total. The van der Waals surface area contributed by atoms with Gasteiger partial charge in [-0.1, -0.05) is 0 Å². The molecule has 0 aliphatic carbocycles. The van der Waals surface area contributed by atoms with Crippen LogP contribution in [0.25, 0.3) is 0 Å². The average Bonchev–Trinajstić information content (AvgIpc) is 2.87. The molecule has 0 bridgehead atoms. The fourth-order valence-electron chi connectivity index (χ4n) is 1.72. The SMILES string of the molecule is CN(C)CCn1ccc(NC2CCSC2)n1. The molecular weight excluding hydrogens is 220 g/mol. The van der Waals surface area contributed by atoms with Crippen LogP contribution in [0.3, 0.4) is 0 Å². The van der Waals surface area contributed by atoms with Crippen LogP contribution >= 0.6 is 11.8 Å². The van der Waals surface area contributed by atoms with Gasteiger partial charge in [0.15, 0.2) is 0 Å². The van der Waals surface area contributed by atoms with E-state index >= 15 is 0 Å². The summed E-state index contributed by atoms with van der Waals surface area (Å²) in [6.45, 7) is 1.98. The minimum absolute atomic E-state index is 0.613. The maximum atomic E-state index is 4.52. The fourth-order valence-corrected chi connectivity index (χ4v) is 2.88. The number of likely N-dealkylation sites (N-methyl/N-ethyl adjacent to an activating group) is 1. The average molecular weight is 240 g/mol. The lowest BCUT2D eigenvalue weighted by molar-refractivity contribution is 0.373. The van der Waals surface area contributed by atoms with Crippen molar-refractivity contribution in [1.29, 1.82) is 0 Å². The first-order chi connectivity index (χ1) is 7.74. The molecule has 0 radical (unpaired) electrons. The molecule has 1 aromatic rings. The zero-order valence-corrected chi connectivity index (χ0v) is 10.8. The van der Waals surface area contributed by atoms with E-state index in [9.17, 15) is 0 Å². The lowest BCUT2D eigenvalue weighted by Gasteiger charge is -2.10. The number of aromatic nitrogens is 2. The summed E-state index contributed by atoms with van der Waals surface area (Å²) in [5.41, 5.74) is 0. The Morgan fingerprint density at radius 1 is 1.62 bits per heavy atom. The molecule has 2 heterocycles. The van der Waals surface area contributed by atoms with E-state index in [0.29, 0.717) is 6.04 Å². The minimum atomic E-state index is 0.613. The van der Waals surface area contributed by atoms with Crippen LogP contribution in [0.5, 0.6) is 0 Å². The Morgan fingerprint density at radius 3 is 3.19 bits per heavy atom. The van der Waals surface area contributed by atoms with E-state index in [1.54, 1.807) is 0 Å². The van der Waals surface area contributed by atoms with Crippen molar-refractivity contribution in [2.24, 2.45) is 0 Å². The van der Waals surface area contributed by atoms with Crippen molar-refractivity contribution in [3.8, 4) is 0 Å². The van der Waals surface area contributed by atoms with E-state index < -0.39 is 0 Å². The Labute approximate surface area is 101 Å². The van der Waals surface area contributed by atoms with Gasteiger partial charge >= 0.3 is 0 Å². The fraction of sp³-hybridized carbons (Fsp3) is 0.727. The molecule has 0 aromatic carbocycles. The Balaban J connectivity index is 1.81. The monoisotopic (exact) mass is 240 g/mol. The number of nitrogens with zero attached hydrogens (tertiary/aromatic N) is 3. The Hall–Kier alpha value is -0.680. The first kappa shape index (κ1) is 11.8. The Kier molecular flexibility index (Phi) is 4.12. The number of thioether (sulfide) groups is 1. The van der Waals surface area contributed by atoms with Crippen LogP contribution in [0.4, 0.5) is 5.82 Å². The highest BCUT2D eigenvalue weighted by Crippen LogP contribution is 2.20. The lowest BCUT2D eigenvalue weighted by atomic mass is 10.3. The van der Waals surface area contributed by atoms with E-state index in [-0.39, 0.29) is 0 Å².